The smallest absolute Gasteiger partial charge is 0.255 e. The van der Waals surface area contributed by atoms with Crippen molar-refractivity contribution in [1.29, 1.82) is 0 Å². The van der Waals surface area contributed by atoms with Crippen LogP contribution in [-0.4, -0.2) is 27.6 Å². The number of nitrogens with zero attached hydrogens (tertiary/aromatic N) is 1. The Bertz CT molecular complexity index is 567. The Morgan fingerprint density at radius 3 is 2.70 bits per heavy atom. The first-order chi connectivity index (χ1) is 9.43. The Hall–Kier alpha value is -1.61. The third-order valence-electron chi connectivity index (χ3n) is 4.35. The van der Waals surface area contributed by atoms with Gasteiger partial charge in [-0.1, -0.05) is 30.9 Å². The first-order valence-corrected chi connectivity index (χ1v) is 7.21. The molecule has 1 atom stereocenters. The van der Waals surface area contributed by atoms with Crippen molar-refractivity contribution in [3.05, 3.63) is 41.5 Å². The summed E-state index contributed by atoms with van der Waals surface area (Å²) >= 11 is 0. The quantitative estimate of drug-likeness (QED) is 0.914. The Balaban J connectivity index is 1.99. The van der Waals surface area contributed by atoms with Gasteiger partial charge in [0.15, 0.2) is 0 Å². The average Bonchev–Trinajstić information content (AvgIpc) is 3.14. The molecule has 20 heavy (non-hydrogen) atoms. The number of amides is 1. The zero-order valence-corrected chi connectivity index (χ0v) is 12.1. The molecule has 3 nitrogen and oxygen atoms in total. The van der Waals surface area contributed by atoms with Crippen LogP contribution in [0.3, 0.4) is 0 Å². The Labute approximate surface area is 119 Å². The van der Waals surface area contributed by atoms with E-state index in [1.54, 1.807) is 19.9 Å². The van der Waals surface area contributed by atoms with E-state index in [0.717, 1.165) is 29.5 Å². The van der Waals surface area contributed by atoms with Crippen LogP contribution >= 0.6 is 0 Å². The van der Waals surface area contributed by atoms with Gasteiger partial charge in [-0.3, -0.25) is 4.79 Å². The van der Waals surface area contributed by atoms with Crippen LogP contribution in [0.1, 0.15) is 48.2 Å². The number of carbonyl (C=O) groups is 1. The van der Waals surface area contributed by atoms with Crippen LogP contribution < -0.4 is 0 Å². The van der Waals surface area contributed by atoms with Gasteiger partial charge in [0.2, 0.25) is 0 Å². The van der Waals surface area contributed by atoms with E-state index in [4.69, 9.17) is 0 Å². The minimum atomic E-state index is -0.868. The highest BCUT2D eigenvalue weighted by atomic mass is 16.3. The van der Waals surface area contributed by atoms with Gasteiger partial charge >= 0.3 is 0 Å². The lowest BCUT2D eigenvalue weighted by Gasteiger charge is -2.37. The van der Waals surface area contributed by atoms with Crippen LogP contribution in [0.5, 0.6) is 0 Å². The van der Waals surface area contributed by atoms with Crippen molar-refractivity contribution < 1.29 is 9.90 Å². The molecule has 2 aliphatic rings. The largest absolute Gasteiger partial charge is 0.388 e. The van der Waals surface area contributed by atoms with Crippen molar-refractivity contribution >= 4 is 12.0 Å². The fourth-order valence-corrected chi connectivity index (χ4v) is 3.43. The highest BCUT2D eigenvalue weighted by molar-refractivity contribution is 6.01. The number of aliphatic hydroxyl groups is 1. The fourth-order valence-electron chi connectivity index (χ4n) is 3.43. The minimum Gasteiger partial charge on any atom is -0.388 e. The molecule has 1 aliphatic carbocycles. The molecule has 0 aromatic heterocycles. The van der Waals surface area contributed by atoms with E-state index in [9.17, 15) is 9.90 Å². The van der Waals surface area contributed by atoms with Crippen LogP contribution in [0.2, 0.25) is 0 Å². The molecule has 0 unspecified atom stereocenters. The minimum absolute atomic E-state index is 0.0366. The van der Waals surface area contributed by atoms with Crippen LogP contribution in [0.4, 0.5) is 0 Å². The molecule has 3 heteroatoms. The molecule has 1 aromatic rings. The molecule has 1 N–H and O–H groups in total. The topological polar surface area (TPSA) is 40.5 Å². The van der Waals surface area contributed by atoms with E-state index in [-0.39, 0.29) is 11.9 Å². The third-order valence-corrected chi connectivity index (χ3v) is 4.35. The number of carbonyl (C=O) groups excluding carboxylic acids is 1. The van der Waals surface area contributed by atoms with E-state index in [0.29, 0.717) is 12.5 Å². The molecule has 1 amide bonds. The van der Waals surface area contributed by atoms with E-state index in [2.05, 4.69) is 6.58 Å². The van der Waals surface area contributed by atoms with Crippen molar-refractivity contribution in [3.63, 3.8) is 0 Å². The highest BCUT2D eigenvalue weighted by Crippen LogP contribution is 2.43. The fraction of sp³-hybridized carbons (Fsp3) is 0.471. The molecule has 106 valence electrons. The van der Waals surface area contributed by atoms with Gasteiger partial charge in [-0.25, -0.2) is 0 Å². The van der Waals surface area contributed by atoms with Gasteiger partial charge in [0.1, 0.15) is 0 Å². The predicted octanol–water partition coefficient (Wildman–Crippen LogP) is 2.83. The lowest BCUT2D eigenvalue weighted by Crippen LogP contribution is -2.51. The number of rotatable bonds is 4. The molecule has 0 bridgehead atoms. The first kappa shape index (κ1) is 13.4. The summed E-state index contributed by atoms with van der Waals surface area (Å²) in [7, 11) is 0. The van der Waals surface area contributed by atoms with Gasteiger partial charge in [0.05, 0.1) is 17.2 Å². The molecular weight excluding hydrogens is 250 g/mol. The van der Waals surface area contributed by atoms with Gasteiger partial charge in [-0.15, -0.1) is 0 Å². The van der Waals surface area contributed by atoms with Gasteiger partial charge in [0, 0.05) is 6.54 Å². The molecule has 3 rings (SSSR count). The molecule has 1 fully saturated rings. The summed E-state index contributed by atoms with van der Waals surface area (Å²) in [6, 6.07) is 5.78. The van der Waals surface area contributed by atoms with Crippen LogP contribution in [0.25, 0.3) is 6.08 Å². The monoisotopic (exact) mass is 271 g/mol. The lowest BCUT2D eigenvalue weighted by molar-refractivity contribution is -0.0224. The summed E-state index contributed by atoms with van der Waals surface area (Å²) in [6.07, 6.45) is 3.93. The Kier molecular flexibility index (Phi) is 2.98. The molecular formula is C17H21NO2. The first-order valence-electron chi connectivity index (χ1n) is 7.21. The second-order valence-electron chi connectivity index (χ2n) is 6.45. The number of hydrogen-bond donors (Lipinski definition) is 1. The van der Waals surface area contributed by atoms with Gasteiger partial charge < -0.3 is 10.0 Å². The summed E-state index contributed by atoms with van der Waals surface area (Å²) in [5.74, 6) is 0.468. The molecule has 1 saturated carbocycles. The van der Waals surface area contributed by atoms with Crippen molar-refractivity contribution in [2.75, 3.05) is 0 Å². The maximum absolute atomic E-state index is 12.8. The van der Waals surface area contributed by atoms with E-state index >= 15 is 0 Å². The normalized spacial score (nSPS) is 19.9. The highest BCUT2D eigenvalue weighted by Gasteiger charge is 2.47. The molecule has 1 aromatic carbocycles. The number of benzene rings is 1. The van der Waals surface area contributed by atoms with Gasteiger partial charge in [0.25, 0.3) is 5.91 Å². The zero-order chi connectivity index (χ0) is 14.5. The lowest BCUT2D eigenvalue weighted by atomic mass is 9.93. The predicted molar refractivity (Wildman–Crippen MR) is 79.2 cm³/mol. The van der Waals surface area contributed by atoms with Crippen molar-refractivity contribution in [2.24, 2.45) is 5.92 Å². The summed E-state index contributed by atoms with van der Waals surface area (Å²) in [5.41, 5.74) is 1.83. The van der Waals surface area contributed by atoms with Crippen molar-refractivity contribution in [2.45, 2.75) is 44.9 Å². The molecule has 1 heterocycles. The molecule has 0 spiro atoms. The van der Waals surface area contributed by atoms with Crippen molar-refractivity contribution in [3.8, 4) is 0 Å². The van der Waals surface area contributed by atoms with Crippen LogP contribution in [0.15, 0.2) is 24.8 Å². The second kappa shape index (κ2) is 4.45. The second-order valence-corrected chi connectivity index (χ2v) is 6.45. The Morgan fingerprint density at radius 2 is 2.15 bits per heavy atom. The summed E-state index contributed by atoms with van der Waals surface area (Å²) in [5, 5.41) is 10.5. The SMILES string of the molecule is C=Cc1cccc2c1C(=O)N([C@H](C1CC1)C(C)(C)O)C2. The van der Waals surface area contributed by atoms with E-state index in [1.807, 2.05) is 23.1 Å². The zero-order valence-electron chi connectivity index (χ0n) is 12.1. The number of fused-ring (bicyclic) bond motifs is 1. The van der Waals surface area contributed by atoms with Gasteiger partial charge in [-0.05, 0) is 43.7 Å². The van der Waals surface area contributed by atoms with Gasteiger partial charge in [-0.2, -0.15) is 0 Å². The molecule has 0 radical (unpaired) electrons. The average molecular weight is 271 g/mol. The van der Waals surface area contributed by atoms with Crippen molar-refractivity contribution in [1.82, 2.24) is 4.90 Å². The number of hydrogen-bond acceptors (Lipinski definition) is 2. The summed E-state index contributed by atoms with van der Waals surface area (Å²) < 4.78 is 0. The maximum atomic E-state index is 12.8. The van der Waals surface area contributed by atoms with E-state index < -0.39 is 5.60 Å². The van der Waals surface area contributed by atoms with Crippen LogP contribution in [-0.2, 0) is 6.54 Å². The van der Waals surface area contributed by atoms with E-state index in [1.165, 1.54) is 0 Å². The third kappa shape index (κ3) is 2.06. The summed E-state index contributed by atoms with van der Waals surface area (Å²) in [4.78, 5) is 14.6. The standard InChI is InChI=1S/C17H21NO2/c1-4-11-6-5-7-13-10-18(16(19)14(11)13)15(12-8-9-12)17(2,3)20/h4-7,12,15,20H,1,8-10H2,2-3H3/t15-/m1/s1. The molecule has 1 aliphatic heterocycles. The Morgan fingerprint density at radius 1 is 1.45 bits per heavy atom. The van der Waals surface area contributed by atoms with Crippen LogP contribution in [0, 0.1) is 5.92 Å². The molecule has 0 saturated heterocycles. The maximum Gasteiger partial charge on any atom is 0.255 e. The summed E-state index contributed by atoms with van der Waals surface area (Å²) in [6.45, 7) is 8.00.